The molecule has 0 aliphatic carbocycles. The second kappa shape index (κ2) is 17.1. The zero-order valence-electron chi connectivity index (χ0n) is 4.09. The van der Waals surface area contributed by atoms with Crippen molar-refractivity contribution in [2.75, 3.05) is 13.1 Å². The van der Waals surface area contributed by atoms with Gasteiger partial charge in [-0.3, -0.25) is 9.41 Å². The monoisotopic (exact) mass is 114 g/mol. The highest BCUT2D eigenvalue weighted by molar-refractivity contribution is 4.33. The summed E-state index contributed by atoms with van der Waals surface area (Å²) in [5.41, 5.74) is 10.1. The van der Waals surface area contributed by atoms with Crippen LogP contribution in [0.2, 0.25) is 0 Å². The molecule has 0 heterocycles. The second-order valence-electron chi connectivity index (χ2n) is 0.931. The molecule has 0 saturated heterocycles. The predicted octanol–water partition coefficient (Wildman–Crippen LogP) is -0.401. The maximum Gasteiger partial charge on any atom is -0.00653 e. The molecule has 4 heteroatoms. The molecule has 0 aromatic heterocycles. The Balaban J connectivity index is -0.0000000800. The summed E-state index contributed by atoms with van der Waals surface area (Å²) in [5, 5.41) is 0. The summed E-state index contributed by atoms with van der Waals surface area (Å²) in [5.74, 6) is 0. The first-order valence-electron chi connectivity index (χ1n) is 1.82. The van der Waals surface area contributed by atoms with E-state index in [2.05, 4.69) is 0 Å². The largest absolute Gasteiger partial charge is 0.330 e. The third kappa shape index (κ3) is 26.1. The van der Waals surface area contributed by atoms with Gasteiger partial charge >= 0.3 is 0 Å². The third-order valence-electron chi connectivity index (χ3n) is 0.408. The Morgan fingerprint density at radius 1 is 0.857 bits per heavy atom. The van der Waals surface area contributed by atoms with Crippen molar-refractivity contribution in [1.29, 1.82) is 0 Å². The van der Waals surface area contributed by atoms with Gasteiger partial charge in [0.1, 0.15) is 0 Å². The van der Waals surface area contributed by atoms with E-state index in [4.69, 9.17) is 11.5 Å². The standard InChI is InChI=1S/C3H10N2.2FH/c4-2-1-3-5;;/h1-5H2;2*1H. The summed E-state index contributed by atoms with van der Waals surface area (Å²) in [4.78, 5) is 0. The first-order chi connectivity index (χ1) is 2.41. The van der Waals surface area contributed by atoms with Gasteiger partial charge in [-0.1, -0.05) is 0 Å². The van der Waals surface area contributed by atoms with Crippen molar-refractivity contribution in [2.45, 2.75) is 6.42 Å². The van der Waals surface area contributed by atoms with Gasteiger partial charge in [0.05, 0.1) is 0 Å². The first-order valence-corrected chi connectivity index (χ1v) is 1.82. The molecule has 0 unspecified atom stereocenters. The molecule has 0 saturated carbocycles. The normalized spacial score (nSPS) is 6.00. The van der Waals surface area contributed by atoms with Crippen molar-refractivity contribution < 1.29 is 9.41 Å². The van der Waals surface area contributed by atoms with Gasteiger partial charge in [0.15, 0.2) is 0 Å². The Morgan fingerprint density at radius 3 is 1.14 bits per heavy atom. The second-order valence-corrected chi connectivity index (χ2v) is 0.931. The molecule has 4 N–H and O–H groups in total. The highest BCUT2D eigenvalue weighted by Crippen LogP contribution is 1.58. The Morgan fingerprint density at radius 2 is 1.14 bits per heavy atom. The minimum Gasteiger partial charge on any atom is -0.330 e. The summed E-state index contributed by atoms with van der Waals surface area (Å²) >= 11 is 0. The summed E-state index contributed by atoms with van der Waals surface area (Å²) in [7, 11) is 0. The average molecular weight is 114 g/mol. The number of hydrogen-bond donors (Lipinski definition) is 2. The summed E-state index contributed by atoms with van der Waals surface area (Å²) in [6.07, 6.45) is 0.944. The van der Waals surface area contributed by atoms with Gasteiger partial charge in [0.25, 0.3) is 0 Å². The molecule has 0 bridgehead atoms. The molecule has 0 aromatic carbocycles. The lowest BCUT2D eigenvalue weighted by atomic mass is 10.4. The molecule has 0 rings (SSSR count). The van der Waals surface area contributed by atoms with E-state index in [1.165, 1.54) is 0 Å². The highest BCUT2D eigenvalue weighted by Gasteiger charge is 1.67. The Bertz CT molecular complexity index is 18.4. The molecule has 0 radical (unpaired) electrons. The van der Waals surface area contributed by atoms with E-state index in [0.717, 1.165) is 19.5 Å². The molecular formula is C3H12F2N2. The van der Waals surface area contributed by atoms with Gasteiger partial charge in [-0.25, -0.2) is 0 Å². The van der Waals surface area contributed by atoms with Crippen LogP contribution in [0.5, 0.6) is 0 Å². The Hall–Kier alpha value is -0.220. The molecule has 0 fully saturated rings. The lowest BCUT2D eigenvalue weighted by Gasteiger charge is -1.81. The lowest BCUT2D eigenvalue weighted by Crippen LogP contribution is -2.06. The van der Waals surface area contributed by atoms with Gasteiger partial charge in [-0.15, -0.1) is 0 Å². The van der Waals surface area contributed by atoms with Gasteiger partial charge in [0, 0.05) is 0 Å². The van der Waals surface area contributed by atoms with Crippen LogP contribution >= 0.6 is 0 Å². The molecule has 0 amide bonds. The van der Waals surface area contributed by atoms with Crippen molar-refractivity contribution in [2.24, 2.45) is 11.5 Å². The van der Waals surface area contributed by atoms with Crippen molar-refractivity contribution in [3.8, 4) is 0 Å². The van der Waals surface area contributed by atoms with E-state index in [0.29, 0.717) is 0 Å². The lowest BCUT2D eigenvalue weighted by molar-refractivity contribution is 0.844. The van der Waals surface area contributed by atoms with Crippen molar-refractivity contribution in [1.82, 2.24) is 0 Å². The van der Waals surface area contributed by atoms with Crippen LogP contribution in [0.4, 0.5) is 9.41 Å². The van der Waals surface area contributed by atoms with Crippen LogP contribution in [0.25, 0.3) is 0 Å². The summed E-state index contributed by atoms with van der Waals surface area (Å²) < 4.78 is 0. The summed E-state index contributed by atoms with van der Waals surface area (Å²) in [6.45, 7) is 1.44. The van der Waals surface area contributed by atoms with Crippen LogP contribution in [-0.2, 0) is 0 Å². The topological polar surface area (TPSA) is 52.0 Å². The van der Waals surface area contributed by atoms with Crippen LogP contribution in [0.1, 0.15) is 6.42 Å². The molecule has 0 atom stereocenters. The maximum absolute atomic E-state index is 5.06. The van der Waals surface area contributed by atoms with Crippen LogP contribution in [-0.4, -0.2) is 13.1 Å². The highest BCUT2D eigenvalue weighted by atomic mass is 19.0. The number of rotatable bonds is 2. The molecule has 0 spiro atoms. The predicted molar refractivity (Wildman–Crippen MR) is 27.7 cm³/mol. The van der Waals surface area contributed by atoms with Crippen molar-refractivity contribution in [3.63, 3.8) is 0 Å². The zero-order chi connectivity index (χ0) is 4.12. The molecule has 0 aliphatic rings. The quantitative estimate of drug-likeness (QED) is 0.513. The van der Waals surface area contributed by atoms with Gasteiger partial charge in [0.2, 0.25) is 0 Å². The fourth-order valence-corrected chi connectivity index (χ4v) is 0.118. The molecular weight excluding hydrogens is 102 g/mol. The molecule has 48 valence electrons. The number of halogens is 2. The van der Waals surface area contributed by atoms with E-state index in [9.17, 15) is 0 Å². The molecule has 2 nitrogen and oxygen atoms in total. The maximum atomic E-state index is 5.06. The van der Waals surface area contributed by atoms with E-state index >= 15 is 0 Å². The SMILES string of the molecule is F.F.NCCCN. The van der Waals surface area contributed by atoms with Crippen LogP contribution in [0.15, 0.2) is 0 Å². The number of hydrogen-bond acceptors (Lipinski definition) is 2. The van der Waals surface area contributed by atoms with Gasteiger partial charge < -0.3 is 11.5 Å². The van der Waals surface area contributed by atoms with Crippen molar-refractivity contribution >= 4 is 0 Å². The average Bonchev–Trinajstić information content (AvgIpc) is 1.41. The Kier molecular flexibility index (Phi) is 38.7. The van der Waals surface area contributed by atoms with Crippen LogP contribution in [0, 0.1) is 0 Å². The van der Waals surface area contributed by atoms with Crippen LogP contribution in [0.3, 0.4) is 0 Å². The van der Waals surface area contributed by atoms with Gasteiger partial charge in [-0.05, 0) is 19.5 Å². The van der Waals surface area contributed by atoms with Gasteiger partial charge in [-0.2, -0.15) is 0 Å². The molecule has 0 aliphatic heterocycles. The Labute approximate surface area is 41.6 Å². The number of nitrogens with two attached hydrogens (primary N) is 2. The van der Waals surface area contributed by atoms with E-state index in [1.54, 1.807) is 0 Å². The van der Waals surface area contributed by atoms with E-state index in [-0.39, 0.29) is 9.41 Å². The van der Waals surface area contributed by atoms with E-state index < -0.39 is 0 Å². The molecule has 0 aromatic rings. The van der Waals surface area contributed by atoms with Crippen molar-refractivity contribution in [3.05, 3.63) is 0 Å². The minimum absolute atomic E-state index is 0. The fourth-order valence-electron chi connectivity index (χ4n) is 0.118. The fraction of sp³-hybridized carbons (Fsp3) is 1.00. The van der Waals surface area contributed by atoms with Crippen LogP contribution < -0.4 is 11.5 Å². The third-order valence-corrected chi connectivity index (χ3v) is 0.408. The van der Waals surface area contributed by atoms with E-state index in [1.807, 2.05) is 0 Å². The summed E-state index contributed by atoms with van der Waals surface area (Å²) in [6, 6.07) is 0. The smallest absolute Gasteiger partial charge is 0.00653 e. The minimum atomic E-state index is 0. The zero-order valence-corrected chi connectivity index (χ0v) is 4.09. The first kappa shape index (κ1) is 15.9. The molecule has 7 heavy (non-hydrogen) atoms.